The first-order chi connectivity index (χ1) is 7.11. The molecule has 0 bridgehead atoms. The van der Waals surface area contributed by atoms with Gasteiger partial charge < -0.3 is 0 Å². The maximum absolute atomic E-state index is 11.4. The predicted octanol–water partition coefficient (Wildman–Crippen LogP) is 1.53. The van der Waals surface area contributed by atoms with Gasteiger partial charge in [0.1, 0.15) is 5.56 Å². The van der Waals surface area contributed by atoms with E-state index in [2.05, 4.69) is 0 Å². The molecule has 0 saturated carbocycles. The van der Waals surface area contributed by atoms with E-state index >= 15 is 0 Å². The van der Waals surface area contributed by atoms with Crippen LogP contribution in [0.4, 0.5) is 5.69 Å². The Hall–Kier alpha value is -2.30. The Morgan fingerprint density at radius 3 is 2.40 bits per heavy atom. The third-order valence-corrected chi connectivity index (χ3v) is 2.14. The van der Waals surface area contributed by atoms with Crippen molar-refractivity contribution < 1.29 is 14.5 Å². The standard InChI is InChI=1S/C10H5NO4/c12-8-4-5-9(13)10-6(8)2-1-3-7(10)11(14)15/h1-5H. The number of rotatable bonds is 1. The topological polar surface area (TPSA) is 77.3 Å². The van der Waals surface area contributed by atoms with Crippen LogP contribution in [-0.4, -0.2) is 16.5 Å². The number of nitrogens with zero attached hydrogens (tertiary/aromatic N) is 1. The molecule has 1 aromatic carbocycles. The van der Waals surface area contributed by atoms with Crippen molar-refractivity contribution in [3.05, 3.63) is 51.6 Å². The summed E-state index contributed by atoms with van der Waals surface area (Å²) in [4.78, 5) is 32.7. The number of allylic oxidation sites excluding steroid dienone is 2. The van der Waals surface area contributed by atoms with Gasteiger partial charge in [0.05, 0.1) is 4.92 Å². The first-order valence-corrected chi connectivity index (χ1v) is 4.15. The van der Waals surface area contributed by atoms with Gasteiger partial charge in [-0.25, -0.2) is 0 Å². The minimum Gasteiger partial charge on any atom is -0.289 e. The Morgan fingerprint density at radius 2 is 1.73 bits per heavy atom. The van der Waals surface area contributed by atoms with E-state index in [-0.39, 0.29) is 22.6 Å². The number of nitro groups is 1. The zero-order valence-corrected chi connectivity index (χ0v) is 7.47. The van der Waals surface area contributed by atoms with Gasteiger partial charge >= 0.3 is 0 Å². The van der Waals surface area contributed by atoms with E-state index in [1.165, 1.54) is 18.2 Å². The third kappa shape index (κ3) is 1.34. The molecule has 0 saturated heterocycles. The van der Waals surface area contributed by atoms with E-state index in [1.54, 1.807) is 0 Å². The summed E-state index contributed by atoms with van der Waals surface area (Å²) < 4.78 is 0. The van der Waals surface area contributed by atoms with Crippen LogP contribution in [0.2, 0.25) is 0 Å². The zero-order chi connectivity index (χ0) is 11.0. The molecular formula is C10H5NO4. The van der Waals surface area contributed by atoms with Crippen LogP contribution in [0.15, 0.2) is 30.4 Å². The molecule has 0 spiro atoms. The van der Waals surface area contributed by atoms with Crippen molar-refractivity contribution in [1.82, 2.24) is 0 Å². The van der Waals surface area contributed by atoms with Crippen LogP contribution < -0.4 is 0 Å². The van der Waals surface area contributed by atoms with Gasteiger partial charge in [-0.2, -0.15) is 0 Å². The van der Waals surface area contributed by atoms with Gasteiger partial charge in [-0.15, -0.1) is 0 Å². The molecule has 0 amide bonds. The van der Waals surface area contributed by atoms with Gasteiger partial charge in [0.25, 0.3) is 5.69 Å². The first kappa shape index (κ1) is 9.26. The minimum atomic E-state index is -0.664. The third-order valence-electron chi connectivity index (χ3n) is 2.14. The Labute approximate surface area is 84.2 Å². The molecule has 15 heavy (non-hydrogen) atoms. The smallest absolute Gasteiger partial charge is 0.281 e. The summed E-state index contributed by atoms with van der Waals surface area (Å²) in [6, 6.07) is 4.01. The van der Waals surface area contributed by atoms with E-state index < -0.39 is 10.7 Å². The van der Waals surface area contributed by atoms with E-state index in [9.17, 15) is 19.7 Å². The lowest BCUT2D eigenvalue weighted by molar-refractivity contribution is -0.385. The summed E-state index contributed by atoms with van der Waals surface area (Å²) in [6.45, 7) is 0. The van der Waals surface area contributed by atoms with E-state index in [4.69, 9.17) is 0 Å². The Morgan fingerprint density at radius 1 is 1.07 bits per heavy atom. The van der Waals surface area contributed by atoms with Crippen LogP contribution in [0.1, 0.15) is 20.7 Å². The monoisotopic (exact) mass is 203 g/mol. The maximum Gasteiger partial charge on any atom is 0.281 e. The maximum atomic E-state index is 11.4. The molecule has 0 unspecified atom stereocenters. The van der Waals surface area contributed by atoms with Crippen molar-refractivity contribution in [2.75, 3.05) is 0 Å². The number of nitro benzene ring substituents is 1. The summed E-state index contributed by atoms with van der Waals surface area (Å²) in [6.07, 6.45) is 2.17. The van der Waals surface area contributed by atoms with Crippen LogP contribution in [0.5, 0.6) is 0 Å². The molecule has 0 fully saturated rings. The van der Waals surface area contributed by atoms with Crippen molar-refractivity contribution in [2.24, 2.45) is 0 Å². The zero-order valence-electron chi connectivity index (χ0n) is 7.47. The van der Waals surface area contributed by atoms with Crippen molar-refractivity contribution in [2.45, 2.75) is 0 Å². The van der Waals surface area contributed by atoms with Crippen LogP contribution in [0, 0.1) is 10.1 Å². The molecule has 74 valence electrons. The molecule has 1 aliphatic carbocycles. The second-order valence-electron chi connectivity index (χ2n) is 3.02. The summed E-state index contributed by atoms with van der Waals surface area (Å²) >= 11 is 0. The van der Waals surface area contributed by atoms with Crippen molar-refractivity contribution in [1.29, 1.82) is 0 Å². The molecule has 1 aromatic rings. The minimum absolute atomic E-state index is 0.0942. The van der Waals surface area contributed by atoms with Gasteiger partial charge in [0.2, 0.25) is 0 Å². The van der Waals surface area contributed by atoms with Crippen molar-refractivity contribution in [3.63, 3.8) is 0 Å². The fourth-order valence-corrected chi connectivity index (χ4v) is 1.48. The molecule has 5 heteroatoms. The van der Waals surface area contributed by atoms with Crippen molar-refractivity contribution in [3.8, 4) is 0 Å². The molecule has 2 rings (SSSR count). The average Bonchev–Trinajstić information content (AvgIpc) is 2.23. The van der Waals surface area contributed by atoms with Gasteiger partial charge in [-0.05, 0) is 18.2 Å². The number of carbonyl (C=O) groups excluding carboxylic acids is 2. The molecule has 5 nitrogen and oxygen atoms in total. The van der Waals surface area contributed by atoms with Crippen LogP contribution in [-0.2, 0) is 0 Å². The van der Waals surface area contributed by atoms with Crippen LogP contribution >= 0.6 is 0 Å². The normalized spacial score (nSPS) is 13.9. The summed E-state index contributed by atoms with van der Waals surface area (Å²) in [5.41, 5.74) is -0.345. The Balaban J connectivity index is 2.76. The largest absolute Gasteiger partial charge is 0.289 e. The first-order valence-electron chi connectivity index (χ1n) is 4.15. The summed E-state index contributed by atoms with van der Waals surface area (Å²) in [7, 11) is 0. The number of fused-ring (bicyclic) bond motifs is 1. The second-order valence-corrected chi connectivity index (χ2v) is 3.02. The summed E-state index contributed by atoms with van der Waals surface area (Å²) in [5, 5.41) is 10.6. The highest BCUT2D eigenvalue weighted by Crippen LogP contribution is 2.26. The van der Waals surface area contributed by atoms with E-state index in [0.29, 0.717) is 0 Å². The lowest BCUT2D eigenvalue weighted by Crippen LogP contribution is -2.13. The molecule has 0 aliphatic heterocycles. The van der Waals surface area contributed by atoms with Gasteiger partial charge in [0, 0.05) is 11.6 Å². The van der Waals surface area contributed by atoms with E-state index in [1.807, 2.05) is 0 Å². The van der Waals surface area contributed by atoms with Crippen LogP contribution in [0.25, 0.3) is 0 Å². The summed E-state index contributed by atoms with van der Waals surface area (Å²) in [5.74, 6) is -0.884. The Kier molecular flexibility index (Phi) is 1.93. The molecule has 0 radical (unpaired) electrons. The predicted molar refractivity (Wildman–Crippen MR) is 50.9 cm³/mol. The number of hydrogen-bond donors (Lipinski definition) is 0. The highest BCUT2D eigenvalue weighted by atomic mass is 16.6. The SMILES string of the molecule is O=C1C=CC(=O)c2c1cccc2[N+](=O)[O-]. The highest BCUT2D eigenvalue weighted by molar-refractivity contribution is 6.23. The Bertz CT molecular complexity index is 516. The lowest BCUT2D eigenvalue weighted by atomic mass is 9.93. The van der Waals surface area contributed by atoms with Gasteiger partial charge in [-0.1, -0.05) is 6.07 Å². The molecule has 0 heterocycles. The molecule has 0 N–H and O–H groups in total. The van der Waals surface area contributed by atoms with Gasteiger partial charge in [0.15, 0.2) is 11.6 Å². The molecular weight excluding hydrogens is 198 g/mol. The van der Waals surface area contributed by atoms with E-state index in [0.717, 1.165) is 12.2 Å². The second kappa shape index (κ2) is 3.13. The fourth-order valence-electron chi connectivity index (χ4n) is 1.48. The quantitative estimate of drug-likeness (QED) is 0.512. The molecule has 0 atom stereocenters. The number of carbonyl (C=O) groups is 2. The average molecular weight is 203 g/mol. The molecule has 1 aliphatic rings. The fraction of sp³-hybridized carbons (Fsp3) is 0. The lowest BCUT2D eigenvalue weighted by Gasteiger charge is -2.07. The number of ketones is 2. The highest BCUT2D eigenvalue weighted by Gasteiger charge is 2.27. The number of hydrogen-bond acceptors (Lipinski definition) is 4. The van der Waals surface area contributed by atoms with Crippen molar-refractivity contribution >= 4 is 17.3 Å². The van der Waals surface area contributed by atoms with Crippen LogP contribution in [0.3, 0.4) is 0 Å². The van der Waals surface area contributed by atoms with Gasteiger partial charge in [-0.3, -0.25) is 19.7 Å². The number of benzene rings is 1. The molecule has 0 aromatic heterocycles.